The molecule has 0 atom stereocenters. The van der Waals surface area contributed by atoms with Crippen LogP contribution < -0.4 is 5.32 Å². The molecule has 0 spiro atoms. The molecule has 6 heteroatoms. The number of nitrogens with zero attached hydrogens (tertiary/aromatic N) is 3. The largest absolute Gasteiger partial charge is 0.352 e. The number of carbonyl (C=O) groups is 1. The van der Waals surface area contributed by atoms with Crippen molar-refractivity contribution in [1.82, 2.24) is 20.1 Å². The lowest BCUT2D eigenvalue weighted by atomic mass is 10.1. The summed E-state index contributed by atoms with van der Waals surface area (Å²) in [5.74, 6) is 0.0224. The lowest BCUT2D eigenvalue weighted by Crippen LogP contribution is -2.24. The lowest BCUT2D eigenvalue weighted by molar-refractivity contribution is -0.120. The van der Waals surface area contributed by atoms with Gasteiger partial charge in [0.25, 0.3) is 0 Å². The van der Waals surface area contributed by atoms with Gasteiger partial charge in [-0.15, -0.1) is 11.3 Å². The van der Waals surface area contributed by atoms with Gasteiger partial charge in [-0.1, -0.05) is 6.07 Å². The molecule has 3 aromatic heterocycles. The molecule has 1 amide bonds. The minimum absolute atomic E-state index is 0.0224. The molecule has 3 aromatic rings. The van der Waals surface area contributed by atoms with E-state index in [0.29, 0.717) is 13.0 Å². The summed E-state index contributed by atoms with van der Waals surface area (Å²) in [6.07, 6.45) is 7.74. The molecule has 0 aliphatic heterocycles. The zero-order valence-corrected chi connectivity index (χ0v) is 13.0. The van der Waals surface area contributed by atoms with Crippen LogP contribution in [0.15, 0.2) is 48.4 Å². The van der Waals surface area contributed by atoms with E-state index in [4.69, 9.17) is 0 Å². The Balaban J connectivity index is 1.62. The van der Waals surface area contributed by atoms with E-state index in [9.17, 15) is 4.79 Å². The van der Waals surface area contributed by atoms with Crippen molar-refractivity contribution in [2.24, 2.45) is 7.05 Å². The van der Waals surface area contributed by atoms with E-state index >= 15 is 0 Å². The van der Waals surface area contributed by atoms with Crippen LogP contribution in [0.1, 0.15) is 10.4 Å². The third-order valence-electron chi connectivity index (χ3n) is 3.24. The molecule has 0 saturated heterocycles. The van der Waals surface area contributed by atoms with Crippen LogP contribution >= 0.6 is 11.3 Å². The second kappa shape index (κ2) is 6.53. The maximum absolute atomic E-state index is 11.9. The summed E-state index contributed by atoms with van der Waals surface area (Å²) >= 11 is 1.59. The predicted molar refractivity (Wildman–Crippen MR) is 86.3 cm³/mol. The highest BCUT2D eigenvalue weighted by Gasteiger charge is 2.06. The number of hydrogen-bond donors (Lipinski definition) is 1. The number of carbonyl (C=O) groups excluding carboxylic acids is 1. The maximum atomic E-state index is 11.9. The Morgan fingerprint density at radius 2 is 2.23 bits per heavy atom. The van der Waals surface area contributed by atoms with Crippen molar-refractivity contribution in [3.63, 3.8) is 0 Å². The Labute approximate surface area is 132 Å². The highest BCUT2D eigenvalue weighted by molar-refractivity contribution is 7.10. The summed E-state index contributed by atoms with van der Waals surface area (Å²) in [7, 11) is 1.88. The molecule has 5 nitrogen and oxygen atoms in total. The fourth-order valence-corrected chi connectivity index (χ4v) is 2.85. The first-order chi connectivity index (χ1) is 10.7. The van der Waals surface area contributed by atoms with Crippen LogP contribution in [0, 0.1) is 0 Å². The fourth-order valence-electron chi connectivity index (χ4n) is 2.15. The van der Waals surface area contributed by atoms with E-state index < -0.39 is 0 Å². The Hall–Kier alpha value is -2.47. The van der Waals surface area contributed by atoms with Gasteiger partial charge >= 0.3 is 0 Å². The molecular weight excluding hydrogens is 296 g/mol. The highest BCUT2D eigenvalue weighted by Crippen LogP contribution is 2.18. The van der Waals surface area contributed by atoms with Gasteiger partial charge in [0.15, 0.2) is 0 Å². The van der Waals surface area contributed by atoms with Crippen LogP contribution in [0.5, 0.6) is 0 Å². The molecule has 3 rings (SSSR count). The van der Waals surface area contributed by atoms with Crippen LogP contribution in [-0.2, 0) is 24.8 Å². The monoisotopic (exact) mass is 312 g/mol. The Morgan fingerprint density at radius 1 is 1.32 bits per heavy atom. The quantitative estimate of drug-likeness (QED) is 0.787. The third-order valence-corrected chi connectivity index (χ3v) is 4.11. The number of aryl methyl sites for hydroxylation is 1. The molecule has 0 radical (unpaired) electrons. The van der Waals surface area contributed by atoms with E-state index in [-0.39, 0.29) is 5.91 Å². The summed E-state index contributed by atoms with van der Waals surface area (Å²) in [4.78, 5) is 17.2. The van der Waals surface area contributed by atoms with Crippen LogP contribution in [0.2, 0.25) is 0 Å². The van der Waals surface area contributed by atoms with E-state index in [0.717, 1.165) is 21.6 Å². The average molecular weight is 312 g/mol. The number of amides is 1. The van der Waals surface area contributed by atoms with Crippen molar-refractivity contribution in [1.29, 1.82) is 0 Å². The number of thiophene rings is 1. The zero-order chi connectivity index (χ0) is 15.4. The van der Waals surface area contributed by atoms with Gasteiger partial charge in [-0.2, -0.15) is 5.10 Å². The second-order valence-electron chi connectivity index (χ2n) is 5.02. The zero-order valence-electron chi connectivity index (χ0n) is 12.2. The summed E-state index contributed by atoms with van der Waals surface area (Å²) in [5.41, 5.74) is 2.99. The molecule has 0 saturated carbocycles. The Kier molecular flexibility index (Phi) is 4.29. The molecule has 1 N–H and O–H groups in total. The Morgan fingerprint density at radius 3 is 2.95 bits per heavy atom. The van der Waals surface area contributed by atoms with Crippen molar-refractivity contribution in [3.05, 3.63) is 58.8 Å². The van der Waals surface area contributed by atoms with Crippen LogP contribution in [-0.4, -0.2) is 20.7 Å². The Bertz CT molecular complexity index is 764. The number of hydrogen-bond acceptors (Lipinski definition) is 4. The van der Waals surface area contributed by atoms with Crippen molar-refractivity contribution in [2.45, 2.75) is 13.0 Å². The van der Waals surface area contributed by atoms with Crippen LogP contribution in [0.25, 0.3) is 11.1 Å². The highest BCUT2D eigenvalue weighted by atomic mass is 32.1. The first-order valence-corrected chi connectivity index (χ1v) is 7.81. The molecule has 0 fully saturated rings. The van der Waals surface area contributed by atoms with Crippen molar-refractivity contribution >= 4 is 17.2 Å². The van der Waals surface area contributed by atoms with Gasteiger partial charge in [0, 0.05) is 48.2 Å². The minimum atomic E-state index is 0.0224. The number of pyridine rings is 1. The summed E-state index contributed by atoms with van der Waals surface area (Å²) in [6, 6.07) is 5.94. The van der Waals surface area contributed by atoms with Gasteiger partial charge in [0.2, 0.25) is 5.91 Å². The van der Waals surface area contributed by atoms with E-state index in [2.05, 4.69) is 15.4 Å². The molecular formula is C16H16N4OS. The van der Waals surface area contributed by atoms with Gasteiger partial charge < -0.3 is 5.32 Å². The molecule has 112 valence electrons. The van der Waals surface area contributed by atoms with Crippen molar-refractivity contribution < 1.29 is 4.79 Å². The van der Waals surface area contributed by atoms with E-state index in [1.807, 2.05) is 36.8 Å². The van der Waals surface area contributed by atoms with Crippen molar-refractivity contribution in [3.8, 4) is 11.1 Å². The van der Waals surface area contributed by atoms with E-state index in [1.54, 1.807) is 34.6 Å². The lowest BCUT2D eigenvalue weighted by Gasteiger charge is -2.05. The summed E-state index contributed by atoms with van der Waals surface area (Å²) in [6.45, 7) is 0.477. The SMILES string of the molecule is Cn1cc(-c2cncc(CNC(=O)Cc3cccs3)c2)cn1. The molecule has 0 aromatic carbocycles. The number of rotatable bonds is 5. The standard InChI is InChI=1S/C16H16N4OS/c1-20-11-14(10-19-20)13-5-12(7-17-9-13)8-18-16(21)6-15-3-2-4-22-15/h2-5,7,9-11H,6,8H2,1H3,(H,18,21). The topological polar surface area (TPSA) is 59.8 Å². The van der Waals surface area contributed by atoms with Crippen LogP contribution in [0.4, 0.5) is 0 Å². The first-order valence-electron chi connectivity index (χ1n) is 6.93. The predicted octanol–water partition coefficient (Wildman–Crippen LogP) is 2.40. The molecule has 0 aliphatic carbocycles. The van der Waals surface area contributed by atoms with Gasteiger partial charge in [-0.3, -0.25) is 14.5 Å². The van der Waals surface area contributed by atoms with E-state index in [1.165, 1.54) is 0 Å². The molecule has 0 bridgehead atoms. The molecule has 3 heterocycles. The average Bonchev–Trinajstić information content (AvgIpc) is 3.17. The maximum Gasteiger partial charge on any atom is 0.225 e. The first kappa shape index (κ1) is 14.5. The van der Waals surface area contributed by atoms with Gasteiger partial charge in [0.05, 0.1) is 12.6 Å². The summed E-state index contributed by atoms with van der Waals surface area (Å²) < 4.78 is 1.75. The molecule has 22 heavy (non-hydrogen) atoms. The minimum Gasteiger partial charge on any atom is -0.352 e. The summed E-state index contributed by atoms with van der Waals surface area (Å²) in [5, 5.41) is 9.06. The number of aromatic nitrogens is 3. The van der Waals surface area contributed by atoms with Gasteiger partial charge in [-0.25, -0.2) is 0 Å². The number of nitrogens with one attached hydrogen (secondary N) is 1. The molecule has 0 aliphatic rings. The molecule has 0 unspecified atom stereocenters. The van der Waals surface area contributed by atoms with Crippen molar-refractivity contribution in [2.75, 3.05) is 0 Å². The third kappa shape index (κ3) is 3.59. The normalized spacial score (nSPS) is 10.6. The van der Waals surface area contributed by atoms with Crippen LogP contribution in [0.3, 0.4) is 0 Å². The smallest absolute Gasteiger partial charge is 0.225 e. The van der Waals surface area contributed by atoms with Gasteiger partial charge in [0.1, 0.15) is 0 Å². The van der Waals surface area contributed by atoms with Gasteiger partial charge in [-0.05, 0) is 23.1 Å². The second-order valence-corrected chi connectivity index (χ2v) is 6.05. The fraction of sp³-hybridized carbons (Fsp3) is 0.188.